The van der Waals surface area contributed by atoms with Gasteiger partial charge in [-0.2, -0.15) is 0 Å². The molecule has 0 aliphatic carbocycles. The van der Waals surface area contributed by atoms with Crippen molar-refractivity contribution in [1.29, 1.82) is 0 Å². The second-order valence-corrected chi connectivity index (χ2v) is 7.80. The van der Waals surface area contributed by atoms with Gasteiger partial charge >= 0.3 is 5.97 Å². The average molecular weight is 437 g/mol. The quantitative estimate of drug-likeness (QED) is 0.188. The lowest BCUT2D eigenvalue weighted by atomic mass is 10.00. The zero-order valence-electron chi connectivity index (χ0n) is 19.6. The number of hydrogen-bond donors (Lipinski definition) is 1. The molecule has 2 aromatic carbocycles. The van der Waals surface area contributed by atoms with Crippen molar-refractivity contribution in [3.63, 3.8) is 0 Å². The minimum atomic E-state index is -0.931. The van der Waals surface area contributed by atoms with Crippen molar-refractivity contribution in [1.82, 2.24) is 0 Å². The Bertz CT molecular complexity index is 911. The maximum absolute atomic E-state index is 11.4. The van der Waals surface area contributed by atoms with Gasteiger partial charge in [-0.3, -0.25) is 0 Å². The first-order chi connectivity index (χ1) is 15.6. The maximum atomic E-state index is 11.4. The van der Waals surface area contributed by atoms with Crippen LogP contribution in [0, 0.1) is 0 Å². The molecule has 4 heteroatoms. The number of rotatable bonds is 14. The van der Waals surface area contributed by atoms with E-state index in [1.807, 2.05) is 49.4 Å². The molecule has 0 bridgehead atoms. The number of carboxylic acids is 1. The molecular weight excluding hydrogens is 400 g/mol. The summed E-state index contributed by atoms with van der Waals surface area (Å²) in [6.07, 6.45) is 12.6. The molecule has 2 rings (SSSR count). The van der Waals surface area contributed by atoms with Crippen LogP contribution in [-0.2, 0) is 0 Å². The van der Waals surface area contributed by atoms with Gasteiger partial charge in [-0.1, -0.05) is 69.9 Å². The summed E-state index contributed by atoms with van der Waals surface area (Å²) in [4.78, 5) is 11.4. The number of unbranched alkanes of at least 4 members (excludes halogenated alkanes) is 4. The van der Waals surface area contributed by atoms with Crippen LogP contribution in [-0.4, -0.2) is 24.3 Å². The fourth-order valence-corrected chi connectivity index (χ4v) is 3.33. The minimum Gasteiger partial charge on any atom is -0.490 e. The Hall–Kier alpha value is -3.01. The van der Waals surface area contributed by atoms with Gasteiger partial charge in [-0.25, -0.2) is 4.79 Å². The Balaban J connectivity index is 2.32. The summed E-state index contributed by atoms with van der Waals surface area (Å²) in [5, 5.41) is 9.33. The Morgan fingerprint density at radius 1 is 0.875 bits per heavy atom. The Morgan fingerprint density at radius 3 is 2.16 bits per heavy atom. The van der Waals surface area contributed by atoms with E-state index in [1.165, 1.54) is 0 Å². The van der Waals surface area contributed by atoms with Gasteiger partial charge < -0.3 is 14.6 Å². The Labute approximate surface area is 192 Å². The molecule has 0 saturated heterocycles. The first-order valence-electron chi connectivity index (χ1n) is 11.7. The van der Waals surface area contributed by atoms with Gasteiger partial charge in [-0.15, -0.1) is 0 Å². The molecule has 4 nitrogen and oxygen atoms in total. The smallest absolute Gasteiger partial charge is 0.335 e. The van der Waals surface area contributed by atoms with Crippen LogP contribution in [0.5, 0.6) is 11.5 Å². The van der Waals surface area contributed by atoms with Crippen molar-refractivity contribution < 1.29 is 19.4 Å². The van der Waals surface area contributed by atoms with Crippen molar-refractivity contribution in [2.75, 3.05) is 13.2 Å². The van der Waals surface area contributed by atoms with E-state index in [0.29, 0.717) is 13.2 Å². The molecule has 0 amide bonds. The summed E-state index contributed by atoms with van der Waals surface area (Å²) in [6.45, 7) is 7.65. The highest BCUT2D eigenvalue weighted by Gasteiger charge is 2.09. The highest BCUT2D eigenvalue weighted by Crippen LogP contribution is 2.31. The highest BCUT2D eigenvalue weighted by molar-refractivity contribution is 5.92. The third-order valence-electron chi connectivity index (χ3n) is 5.09. The lowest BCUT2D eigenvalue weighted by molar-refractivity contribution is 0.0697. The summed E-state index contributed by atoms with van der Waals surface area (Å²) in [7, 11) is 0. The maximum Gasteiger partial charge on any atom is 0.335 e. The Morgan fingerprint density at radius 2 is 1.53 bits per heavy atom. The molecule has 0 aliphatic rings. The molecule has 0 atom stereocenters. The van der Waals surface area contributed by atoms with E-state index in [9.17, 15) is 9.90 Å². The van der Waals surface area contributed by atoms with Crippen molar-refractivity contribution in [2.45, 2.75) is 59.3 Å². The van der Waals surface area contributed by atoms with Crippen LogP contribution in [0.15, 0.2) is 54.6 Å². The largest absolute Gasteiger partial charge is 0.490 e. The van der Waals surface area contributed by atoms with Crippen molar-refractivity contribution in [3.8, 4) is 11.5 Å². The molecule has 2 aromatic rings. The Kier molecular flexibility index (Phi) is 11.1. The number of allylic oxidation sites excluding steroid dienone is 3. The van der Waals surface area contributed by atoms with E-state index in [1.54, 1.807) is 18.2 Å². The third kappa shape index (κ3) is 8.26. The summed E-state index contributed by atoms with van der Waals surface area (Å²) in [5.41, 5.74) is 3.04. The third-order valence-corrected chi connectivity index (χ3v) is 5.09. The van der Waals surface area contributed by atoms with Gasteiger partial charge in [0.05, 0.1) is 18.8 Å². The first-order valence-corrected chi connectivity index (χ1v) is 11.7. The van der Waals surface area contributed by atoms with E-state index in [4.69, 9.17) is 9.47 Å². The first kappa shape index (κ1) is 25.3. The van der Waals surface area contributed by atoms with Gasteiger partial charge in [0, 0.05) is 0 Å². The second-order valence-electron chi connectivity index (χ2n) is 7.80. The van der Waals surface area contributed by atoms with Gasteiger partial charge in [0.2, 0.25) is 0 Å². The fourth-order valence-electron chi connectivity index (χ4n) is 3.33. The summed E-state index contributed by atoms with van der Waals surface area (Å²) >= 11 is 0. The predicted molar refractivity (Wildman–Crippen MR) is 133 cm³/mol. The highest BCUT2D eigenvalue weighted by atomic mass is 16.5. The summed E-state index contributed by atoms with van der Waals surface area (Å²) in [6, 6.07) is 13.0. The predicted octanol–water partition coefficient (Wildman–Crippen LogP) is 7.64. The monoisotopic (exact) mass is 436 g/mol. The van der Waals surface area contributed by atoms with Crippen LogP contribution in [0.25, 0.3) is 11.6 Å². The average Bonchev–Trinajstić information content (AvgIpc) is 2.80. The van der Waals surface area contributed by atoms with E-state index in [0.717, 1.165) is 66.7 Å². The lowest BCUT2D eigenvalue weighted by Crippen LogP contribution is -2.03. The molecule has 0 saturated carbocycles. The topological polar surface area (TPSA) is 55.8 Å². The molecule has 0 spiro atoms. The number of carboxylic acid groups (broad SMARTS) is 1. The number of carbonyl (C=O) groups is 1. The summed E-state index contributed by atoms with van der Waals surface area (Å²) < 4.78 is 12.1. The number of ether oxygens (including phenoxy) is 2. The molecule has 0 fully saturated rings. The fraction of sp³-hybridized carbons (Fsp3) is 0.393. The van der Waals surface area contributed by atoms with Crippen molar-refractivity contribution >= 4 is 17.6 Å². The van der Waals surface area contributed by atoms with Crippen LogP contribution in [0.3, 0.4) is 0 Å². The van der Waals surface area contributed by atoms with Gasteiger partial charge in [0.15, 0.2) is 11.5 Å². The van der Waals surface area contributed by atoms with E-state index < -0.39 is 5.97 Å². The number of benzene rings is 2. The van der Waals surface area contributed by atoms with E-state index >= 15 is 0 Å². The van der Waals surface area contributed by atoms with Gasteiger partial charge in [-0.05, 0) is 66.8 Å². The van der Waals surface area contributed by atoms with Crippen LogP contribution < -0.4 is 9.47 Å². The SMILES string of the molecule is CC=C/C(=C/c1ccc(OCCCCC)c(OCCCCC)c1)c1cccc(C(=O)O)c1. The zero-order chi connectivity index (χ0) is 23.2. The van der Waals surface area contributed by atoms with Gasteiger partial charge in [0.1, 0.15) is 0 Å². The standard InChI is InChI=1S/C28H36O4/c1-4-7-9-17-31-26-16-15-22(20-27(26)32-18-10-8-5-2)19-23(12-6-3)24-13-11-14-25(21-24)28(29)30/h6,11-16,19-21H,4-5,7-10,17-18H2,1-3H3,(H,29,30)/b12-6?,23-19-. The van der Waals surface area contributed by atoms with Crippen molar-refractivity contribution in [3.05, 3.63) is 71.3 Å². The molecule has 1 N–H and O–H groups in total. The zero-order valence-corrected chi connectivity index (χ0v) is 19.6. The minimum absolute atomic E-state index is 0.272. The number of hydrogen-bond acceptors (Lipinski definition) is 3. The molecule has 0 aromatic heterocycles. The molecule has 172 valence electrons. The summed E-state index contributed by atoms with van der Waals surface area (Å²) in [5.74, 6) is 0.597. The van der Waals surface area contributed by atoms with E-state index in [-0.39, 0.29) is 5.56 Å². The lowest BCUT2D eigenvalue weighted by Gasteiger charge is -2.14. The number of aromatic carboxylic acids is 1. The second kappa shape index (κ2) is 14.1. The van der Waals surface area contributed by atoms with Crippen LogP contribution in [0.1, 0.15) is 80.8 Å². The molecule has 32 heavy (non-hydrogen) atoms. The van der Waals surface area contributed by atoms with Crippen LogP contribution >= 0.6 is 0 Å². The van der Waals surface area contributed by atoms with Crippen LogP contribution in [0.4, 0.5) is 0 Å². The normalized spacial score (nSPS) is 11.7. The van der Waals surface area contributed by atoms with E-state index in [2.05, 4.69) is 13.8 Å². The molecule has 0 radical (unpaired) electrons. The molecule has 0 unspecified atom stereocenters. The van der Waals surface area contributed by atoms with Crippen LogP contribution in [0.2, 0.25) is 0 Å². The van der Waals surface area contributed by atoms with Crippen molar-refractivity contribution in [2.24, 2.45) is 0 Å². The van der Waals surface area contributed by atoms with Gasteiger partial charge in [0.25, 0.3) is 0 Å². The molecule has 0 aliphatic heterocycles. The molecular formula is C28H36O4. The molecule has 0 heterocycles.